The summed E-state index contributed by atoms with van der Waals surface area (Å²) in [6.07, 6.45) is 11.8. The molecule has 4 rings (SSSR count). The van der Waals surface area contributed by atoms with Gasteiger partial charge in [0.2, 0.25) is 0 Å². The molecule has 6 heteroatoms. The standard InChI is InChI=1S/C20H22N4O2/c25-20(19-15-21-9-10-22-19)24-13-7-18(8-14-24)26-17-5-3-16(4-6-17)23-11-1-2-12-23/h1,3-6,9-11,15,18H,2,7-8,12-14H2. The Balaban J connectivity index is 1.30. The molecule has 1 aromatic carbocycles. The number of piperidine rings is 1. The number of rotatable bonds is 4. The first-order valence-electron chi connectivity index (χ1n) is 9.05. The van der Waals surface area contributed by atoms with Crippen molar-refractivity contribution in [1.82, 2.24) is 14.9 Å². The molecule has 6 nitrogen and oxygen atoms in total. The second-order valence-corrected chi connectivity index (χ2v) is 6.56. The normalized spacial score (nSPS) is 17.5. The predicted molar refractivity (Wildman–Crippen MR) is 99.1 cm³/mol. The van der Waals surface area contributed by atoms with Gasteiger partial charge in [0.15, 0.2) is 0 Å². The van der Waals surface area contributed by atoms with Gasteiger partial charge in [-0.2, -0.15) is 0 Å². The maximum absolute atomic E-state index is 12.4. The molecular weight excluding hydrogens is 328 g/mol. The number of ether oxygens (including phenoxy) is 1. The van der Waals surface area contributed by atoms with Gasteiger partial charge in [0.05, 0.1) is 6.20 Å². The molecule has 1 amide bonds. The summed E-state index contributed by atoms with van der Waals surface area (Å²) in [7, 11) is 0. The number of nitrogens with zero attached hydrogens (tertiary/aromatic N) is 4. The molecule has 0 N–H and O–H groups in total. The monoisotopic (exact) mass is 350 g/mol. The maximum Gasteiger partial charge on any atom is 0.274 e. The Morgan fingerprint density at radius 2 is 1.88 bits per heavy atom. The third-order valence-corrected chi connectivity index (χ3v) is 4.80. The molecule has 1 saturated heterocycles. The summed E-state index contributed by atoms with van der Waals surface area (Å²) in [5.74, 6) is 0.829. The van der Waals surface area contributed by atoms with Crippen molar-refractivity contribution < 1.29 is 9.53 Å². The number of carbonyl (C=O) groups excluding carboxylic acids is 1. The van der Waals surface area contributed by atoms with E-state index in [1.807, 2.05) is 17.0 Å². The molecule has 0 radical (unpaired) electrons. The van der Waals surface area contributed by atoms with Crippen LogP contribution < -0.4 is 9.64 Å². The minimum Gasteiger partial charge on any atom is -0.490 e. The lowest BCUT2D eigenvalue weighted by atomic mass is 10.1. The average Bonchev–Trinajstić information content (AvgIpc) is 3.24. The van der Waals surface area contributed by atoms with E-state index in [9.17, 15) is 4.79 Å². The van der Waals surface area contributed by atoms with Crippen molar-refractivity contribution in [2.24, 2.45) is 0 Å². The SMILES string of the molecule is O=C(c1cnccn1)N1CCC(Oc2ccc(N3C=CCC3)cc2)CC1. The van der Waals surface area contributed by atoms with E-state index in [4.69, 9.17) is 4.74 Å². The van der Waals surface area contributed by atoms with Gasteiger partial charge in [-0.25, -0.2) is 4.98 Å². The number of hydrogen-bond acceptors (Lipinski definition) is 5. The van der Waals surface area contributed by atoms with Gasteiger partial charge in [-0.15, -0.1) is 0 Å². The van der Waals surface area contributed by atoms with Gasteiger partial charge in [-0.05, 0) is 30.7 Å². The number of aromatic nitrogens is 2. The maximum atomic E-state index is 12.4. The van der Waals surface area contributed by atoms with E-state index in [1.165, 1.54) is 11.9 Å². The van der Waals surface area contributed by atoms with Gasteiger partial charge in [-0.1, -0.05) is 6.08 Å². The van der Waals surface area contributed by atoms with E-state index in [0.717, 1.165) is 31.6 Å². The van der Waals surface area contributed by atoms with E-state index >= 15 is 0 Å². The number of anilines is 1. The minimum atomic E-state index is -0.0560. The molecule has 0 unspecified atom stereocenters. The van der Waals surface area contributed by atoms with Crippen LogP contribution in [0, 0.1) is 0 Å². The Labute approximate surface area is 153 Å². The fourth-order valence-corrected chi connectivity index (χ4v) is 3.36. The number of amides is 1. The summed E-state index contributed by atoms with van der Waals surface area (Å²) in [5.41, 5.74) is 1.59. The first-order valence-corrected chi connectivity index (χ1v) is 9.05. The molecule has 2 aliphatic rings. The number of carbonyl (C=O) groups is 1. The highest BCUT2D eigenvalue weighted by Crippen LogP contribution is 2.25. The summed E-state index contributed by atoms with van der Waals surface area (Å²) in [5, 5.41) is 0. The van der Waals surface area contributed by atoms with Crippen LogP contribution in [0.4, 0.5) is 5.69 Å². The smallest absolute Gasteiger partial charge is 0.274 e. The first-order chi connectivity index (χ1) is 12.8. The van der Waals surface area contributed by atoms with Crippen LogP contribution in [0.1, 0.15) is 29.8 Å². The lowest BCUT2D eigenvalue weighted by molar-refractivity contribution is 0.0589. The molecule has 0 saturated carbocycles. The summed E-state index contributed by atoms with van der Waals surface area (Å²) in [6, 6.07) is 8.24. The van der Waals surface area contributed by atoms with Crippen molar-refractivity contribution in [3.05, 3.63) is 60.8 Å². The van der Waals surface area contributed by atoms with Crippen LogP contribution in [0.2, 0.25) is 0 Å². The molecule has 2 aliphatic heterocycles. The van der Waals surface area contributed by atoms with Gasteiger partial charge >= 0.3 is 0 Å². The van der Waals surface area contributed by atoms with Crippen LogP contribution in [-0.2, 0) is 0 Å². The highest BCUT2D eigenvalue weighted by Gasteiger charge is 2.25. The van der Waals surface area contributed by atoms with Gasteiger partial charge in [-0.3, -0.25) is 9.78 Å². The zero-order valence-corrected chi connectivity index (χ0v) is 14.6. The molecule has 2 aromatic rings. The van der Waals surface area contributed by atoms with Crippen molar-refractivity contribution >= 4 is 11.6 Å². The van der Waals surface area contributed by atoms with E-state index in [-0.39, 0.29) is 12.0 Å². The van der Waals surface area contributed by atoms with Crippen LogP contribution in [0.25, 0.3) is 0 Å². The van der Waals surface area contributed by atoms with Crippen molar-refractivity contribution in [3.8, 4) is 5.75 Å². The lowest BCUT2D eigenvalue weighted by Gasteiger charge is -2.32. The molecule has 0 bridgehead atoms. The average molecular weight is 350 g/mol. The molecule has 1 aromatic heterocycles. The first kappa shape index (κ1) is 16.6. The minimum absolute atomic E-state index is 0.0560. The molecule has 3 heterocycles. The Kier molecular flexibility index (Phi) is 4.82. The number of benzene rings is 1. The zero-order valence-electron chi connectivity index (χ0n) is 14.6. The third kappa shape index (κ3) is 3.69. The van der Waals surface area contributed by atoms with Crippen molar-refractivity contribution in [3.63, 3.8) is 0 Å². The van der Waals surface area contributed by atoms with Gasteiger partial charge in [0.25, 0.3) is 5.91 Å². The quantitative estimate of drug-likeness (QED) is 0.849. The summed E-state index contributed by atoms with van der Waals surface area (Å²) in [6.45, 7) is 2.39. The Bertz CT molecular complexity index is 768. The van der Waals surface area contributed by atoms with Crippen molar-refractivity contribution in [2.75, 3.05) is 24.5 Å². The zero-order chi connectivity index (χ0) is 17.8. The summed E-state index contributed by atoms with van der Waals surface area (Å²) >= 11 is 0. The second kappa shape index (κ2) is 7.56. The summed E-state index contributed by atoms with van der Waals surface area (Å²) in [4.78, 5) is 24.5. The van der Waals surface area contributed by atoms with E-state index in [0.29, 0.717) is 18.8 Å². The molecule has 0 aliphatic carbocycles. The predicted octanol–water partition coefficient (Wildman–Crippen LogP) is 2.88. The number of hydrogen-bond donors (Lipinski definition) is 0. The largest absolute Gasteiger partial charge is 0.490 e. The molecule has 134 valence electrons. The Morgan fingerprint density at radius 1 is 1.08 bits per heavy atom. The summed E-state index contributed by atoms with van der Waals surface area (Å²) < 4.78 is 6.10. The van der Waals surface area contributed by atoms with E-state index in [1.54, 1.807) is 12.4 Å². The van der Waals surface area contributed by atoms with E-state index < -0.39 is 0 Å². The van der Waals surface area contributed by atoms with E-state index in [2.05, 4.69) is 39.3 Å². The number of likely N-dealkylation sites (tertiary alicyclic amines) is 1. The van der Waals surface area contributed by atoms with Crippen molar-refractivity contribution in [1.29, 1.82) is 0 Å². The molecule has 1 fully saturated rings. The molecule has 0 atom stereocenters. The van der Waals surface area contributed by atoms with Crippen LogP contribution in [-0.4, -0.2) is 46.5 Å². The fraction of sp³-hybridized carbons (Fsp3) is 0.350. The Hall–Kier alpha value is -2.89. The lowest BCUT2D eigenvalue weighted by Crippen LogP contribution is -2.42. The highest BCUT2D eigenvalue weighted by atomic mass is 16.5. The van der Waals surface area contributed by atoms with Crippen molar-refractivity contribution in [2.45, 2.75) is 25.4 Å². The topological polar surface area (TPSA) is 58.6 Å². The Morgan fingerprint density at radius 3 is 2.54 bits per heavy atom. The third-order valence-electron chi connectivity index (χ3n) is 4.80. The molecule has 26 heavy (non-hydrogen) atoms. The van der Waals surface area contributed by atoms with Crippen LogP contribution in [0.15, 0.2) is 55.1 Å². The van der Waals surface area contributed by atoms with Crippen LogP contribution in [0.3, 0.4) is 0 Å². The van der Waals surface area contributed by atoms with Gasteiger partial charge in [0.1, 0.15) is 17.5 Å². The van der Waals surface area contributed by atoms with Crippen LogP contribution >= 0.6 is 0 Å². The fourth-order valence-electron chi connectivity index (χ4n) is 3.36. The molecule has 0 spiro atoms. The molecular formula is C20H22N4O2. The van der Waals surface area contributed by atoms with Gasteiger partial charge < -0.3 is 14.5 Å². The highest BCUT2D eigenvalue weighted by molar-refractivity contribution is 5.92. The second-order valence-electron chi connectivity index (χ2n) is 6.56. The van der Waals surface area contributed by atoms with Crippen LogP contribution in [0.5, 0.6) is 5.75 Å². The van der Waals surface area contributed by atoms with Gasteiger partial charge in [0, 0.05) is 56.8 Å².